The van der Waals surface area contributed by atoms with Crippen LogP contribution in [0.5, 0.6) is 0 Å². The van der Waals surface area contributed by atoms with Crippen LogP contribution in [0.4, 0.5) is 0 Å². The Labute approximate surface area is 136 Å². The molecule has 0 bridgehead atoms. The first-order valence-corrected chi connectivity index (χ1v) is 9.22. The number of esters is 1. The molecule has 0 N–H and O–H groups in total. The Hall–Kier alpha value is -0.830. The van der Waals surface area contributed by atoms with Crippen molar-refractivity contribution >= 4 is 5.97 Å². The molecule has 0 aromatic heterocycles. The molecule has 22 heavy (non-hydrogen) atoms. The zero-order valence-electron chi connectivity index (χ0n) is 14.4. The summed E-state index contributed by atoms with van der Waals surface area (Å²) in [5, 5.41) is 0. The summed E-state index contributed by atoms with van der Waals surface area (Å²) in [6.45, 7) is 6.50. The monoisotopic (exact) mass is 310 g/mol. The lowest BCUT2D eigenvalue weighted by molar-refractivity contribution is -0.155. The summed E-state index contributed by atoms with van der Waals surface area (Å²) in [6, 6.07) is 0. The quantitative estimate of drug-likeness (QED) is 0.283. The Kier molecular flexibility index (Phi) is 11.1. The van der Waals surface area contributed by atoms with Gasteiger partial charge in [-0.15, -0.1) is 0 Å². The van der Waals surface area contributed by atoms with E-state index in [2.05, 4.69) is 13.5 Å². The number of unbranched alkanes of at least 4 members (excludes halogenated alkanes) is 7. The summed E-state index contributed by atoms with van der Waals surface area (Å²) < 4.78 is 11.4. The van der Waals surface area contributed by atoms with E-state index in [9.17, 15) is 4.79 Å². The fourth-order valence-corrected chi connectivity index (χ4v) is 3.06. The minimum Gasteiger partial charge on any atom is -0.456 e. The van der Waals surface area contributed by atoms with Gasteiger partial charge in [0.1, 0.15) is 6.10 Å². The molecule has 0 spiro atoms. The Bertz CT molecular complexity index is 301. The molecule has 1 aliphatic carbocycles. The van der Waals surface area contributed by atoms with Gasteiger partial charge in [0.05, 0.1) is 6.10 Å². The highest BCUT2D eigenvalue weighted by atomic mass is 16.6. The van der Waals surface area contributed by atoms with Crippen LogP contribution in [-0.2, 0) is 14.3 Å². The normalized spacial score (nSPS) is 21.5. The van der Waals surface area contributed by atoms with Crippen LogP contribution in [0.15, 0.2) is 12.7 Å². The first kappa shape index (κ1) is 19.2. The maximum absolute atomic E-state index is 11.4. The number of hydrogen-bond acceptors (Lipinski definition) is 3. The Morgan fingerprint density at radius 3 is 2.23 bits per heavy atom. The zero-order chi connectivity index (χ0) is 16.0. The summed E-state index contributed by atoms with van der Waals surface area (Å²) in [7, 11) is 0. The second-order valence-electron chi connectivity index (χ2n) is 6.35. The lowest BCUT2D eigenvalue weighted by Crippen LogP contribution is -2.36. The van der Waals surface area contributed by atoms with Crippen molar-refractivity contribution < 1.29 is 14.3 Å². The molecule has 1 fully saturated rings. The molecule has 0 amide bonds. The van der Waals surface area contributed by atoms with Crippen LogP contribution in [-0.4, -0.2) is 24.8 Å². The fraction of sp³-hybridized carbons (Fsp3) is 0.842. The van der Waals surface area contributed by atoms with Crippen LogP contribution in [0.25, 0.3) is 0 Å². The van der Waals surface area contributed by atoms with Gasteiger partial charge in [0.25, 0.3) is 0 Å². The summed E-state index contributed by atoms with van der Waals surface area (Å²) in [5.74, 6) is -0.326. The third-order valence-electron chi connectivity index (χ3n) is 4.41. The molecule has 0 radical (unpaired) electrons. The molecule has 3 nitrogen and oxygen atoms in total. The molecule has 2 atom stereocenters. The number of hydrogen-bond donors (Lipinski definition) is 0. The van der Waals surface area contributed by atoms with Crippen LogP contribution in [0, 0.1) is 0 Å². The minimum atomic E-state index is -0.326. The summed E-state index contributed by atoms with van der Waals surface area (Å²) in [5.41, 5.74) is 0. The van der Waals surface area contributed by atoms with Crippen LogP contribution in [0.3, 0.4) is 0 Å². The Morgan fingerprint density at radius 2 is 1.59 bits per heavy atom. The van der Waals surface area contributed by atoms with Gasteiger partial charge in [0.2, 0.25) is 0 Å². The highest BCUT2D eigenvalue weighted by molar-refractivity contribution is 5.81. The topological polar surface area (TPSA) is 35.5 Å². The third-order valence-corrected chi connectivity index (χ3v) is 4.41. The van der Waals surface area contributed by atoms with Crippen molar-refractivity contribution in [2.24, 2.45) is 0 Å². The van der Waals surface area contributed by atoms with E-state index in [-0.39, 0.29) is 18.2 Å². The molecule has 0 heterocycles. The average molecular weight is 310 g/mol. The molecule has 128 valence electrons. The molecule has 2 unspecified atom stereocenters. The lowest BCUT2D eigenvalue weighted by atomic mass is 9.94. The van der Waals surface area contributed by atoms with Crippen molar-refractivity contribution in [1.29, 1.82) is 0 Å². The van der Waals surface area contributed by atoms with Gasteiger partial charge in [-0.05, 0) is 25.7 Å². The van der Waals surface area contributed by atoms with Gasteiger partial charge >= 0.3 is 5.97 Å². The molecule has 0 aromatic rings. The molecule has 1 rings (SSSR count). The molecule has 3 heteroatoms. The first-order valence-electron chi connectivity index (χ1n) is 9.22. The van der Waals surface area contributed by atoms with Gasteiger partial charge in [0, 0.05) is 12.7 Å². The SMILES string of the molecule is C=CC(=O)OC1CCCCC1OCCCCCCCCCC. The van der Waals surface area contributed by atoms with Gasteiger partial charge in [0.15, 0.2) is 0 Å². The van der Waals surface area contributed by atoms with Crippen LogP contribution in [0.1, 0.15) is 84.0 Å². The predicted molar refractivity (Wildman–Crippen MR) is 90.9 cm³/mol. The fourth-order valence-electron chi connectivity index (χ4n) is 3.06. The van der Waals surface area contributed by atoms with E-state index >= 15 is 0 Å². The maximum Gasteiger partial charge on any atom is 0.330 e. The number of carbonyl (C=O) groups excluding carboxylic acids is 1. The van der Waals surface area contributed by atoms with E-state index in [1.165, 1.54) is 57.4 Å². The van der Waals surface area contributed by atoms with Gasteiger partial charge in [-0.3, -0.25) is 0 Å². The van der Waals surface area contributed by atoms with Crippen molar-refractivity contribution in [3.05, 3.63) is 12.7 Å². The lowest BCUT2D eigenvalue weighted by Gasteiger charge is -2.30. The van der Waals surface area contributed by atoms with Crippen molar-refractivity contribution in [2.75, 3.05) is 6.61 Å². The van der Waals surface area contributed by atoms with E-state index in [0.29, 0.717) is 0 Å². The van der Waals surface area contributed by atoms with E-state index in [0.717, 1.165) is 32.3 Å². The molecular formula is C19H34O3. The summed E-state index contributed by atoms with van der Waals surface area (Å²) >= 11 is 0. The average Bonchev–Trinajstić information content (AvgIpc) is 2.54. The first-order chi connectivity index (χ1) is 10.8. The second-order valence-corrected chi connectivity index (χ2v) is 6.35. The van der Waals surface area contributed by atoms with E-state index in [1.54, 1.807) is 0 Å². The number of rotatable bonds is 12. The summed E-state index contributed by atoms with van der Waals surface area (Å²) in [6.07, 6.45) is 15.9. The van der Waals surface area contributed by atoms with Crippen molar-refractivity contribution in [3.63, 3.8) is 0 Å². The van der Waals surface area contributed by atoms with Crippen molar-refractivity contribution in [3.8, 4) is 0 Å². The molecule has 0 aliphatic heterocycles. The molecule has 0 aromatic carbocycles. The highest BCUT2D eigenvalue weighted by Gasteiger charge is 2.28. The van der Waals surface area contributed by atoms with Gasteiger partial charge < -0.3 is 9.47 Å². The van der Waals surface area contributed by atoms with Crippen LogP contribution in [0.2, 0.25) is 0 Å². The molecule has 1 aliphatic rings. The van der Waals surface area contributed by atoms with E-state index in [4.69, 9.17) is 9.47 Å². The largest absolute Gasteiger partial charge is 0.456 e. The molecule has 0 saturated heterocycles. The van der Waals surface area contributed by atoms with Crippen molar-refractivity contribution in [2.45, 2.75) is 96.2 Å². The van der Waals surface area contributed by atoms with Gasteiger partial charge in [-0.1, -0.05) is 64.9 Å². The van der Waals surface area contributed by atoms with Gasteiger partial charge in [-0.2, -0.15) is 0 Å². The second kappa shape index (κ2) is 12.7. The zero-order valence-corrected chi connectivity index (χ0v) is 14.4. The van der Waals surface area contributed by atoms with Crippen LogP contribution < -0.4 is 0 Å². The minimum absolute atomic E-state index is 0.0757. The highest BCUT2D eigenvalue weighted by Crippen LogP contribution is 2.24. The van der Waals surface area contributed by atoms with E-state index < -0.39 is 0 Å². The predicted octanol–water partition coefficient (Wildman–Crippen LogP) is 5.18. The summed E-state index contributed by atoms with van der Waals surface area (Å²) in [4.78, 5) is 11.4. The standard InChI is InChI=1S/C19H34O3/c1-3-5-6-7-8-9-10-13-16-21-17-14-11-12-15-18(17)22-19(20)4-2/h4,17-18H,2-3,5-16H2,1H3. The van der Waals surface area contributed by atoms with Crippen LogP contribution >= 0.6 is 0 Å². The molecular weight excluding hydrogens is 276 g/mol. The smallest absolute Gasteiger partial charge is 0.330 e. The Morgan fingerprint density at radius 1 is 1.00 bits per heavy atom. The third kappa shape index (κ3) is 8.57. The van der Waals surface area contributed by atoms with E-state index in [1.807, 2.05) is 0 Å². The Balaban J connectivity index is 2.06. The number of ether oxygens (including phenoxy) is 2. The van der Waals surface area contributed by atoms with Gasteiger partial charge in [-0.25, -0.2) is 4.79 Å². The maximum atomic E-state index is 11.4. The molecule has 1 saturated carbocycles. The number of carbonyl (C=O) groups is 1. The van der Waals surface area contributed by atoms with Crippen molar-refractivity contribution in [1.82, 2.24) is 0 Å².